The summed E-state index contributed by atoms with van der Waals surface area (Å²) in [5.74, 6) is -0.881. The van der Waals surface area contributed by atoms with Gasteiger partial charge in [-0.25, -0.2) is 0 Å². The van der Waals surface area contributed by atoms with Crippen molar-refractivity contribution in [3.05, 3.63) is 65.7 Å². The molecule has 2 aromatic carbocycles. The van der Waals surface area contributed by atoms with E-state index in [2.05, 4.69) is 10.6 Å². The number of likely N-dealkylation sites (tertiary alicyclic amines) is 1. The van der Waals surface area contributed by atoms with Gasteiger partial charge in [0.05, 0.1) is 18.0 Å². The highest BCUT2D eigenvalue weighted by Gasteiger charge is 2.36. The van der Waals surface area contributed by atoms with Crippen molar-refractivity contribution in [2.45, 2.75) is 32.4 Å². The van der Waals surface area contributed by atoms with Crippen molar-refractivity contribution in [3.63, 3.8) is 0 Å². The fourth-order valence-electron chi connectivity index (χ4n) is 3.51. The smallest absolute Gasteiger partial charge is 0.238 e. The van der Waals surface area contributed by atoms with Crippen LogP contribution in [-0.2, 0) is 20.9 Å². The first-order valence-electron chi connectivity index (χ1n) is 9.86. The van der Waals surface area contributed by atoms with E-state index in [-0.39, 0.29) is 42.5 Å². The van der Waals surface area contributed by atoms with Crippen LogP contribution in [0.4, 0.5) is 5.69 Å². The third kappa shape index (κ3) is 5.23. The lowest BCUT2D eigenvalue weighted by atomic mass is 10.1. The molecule has 0 radical (unpaired) electrons. The van der Waals surface area contributed by atoms with Gasteiger partial charge in [-0.2, -0.15) is 5.26 Å². The number of nitriles is 1. The van der Waals surface area contributed by atoms with Crippen LogP contribution in [0.5, 0.6) is 0 Å². The number of carbonyl (C=O) groups is 3. The summed E-state index contributed by atoms with van der Waals surface area (Å²) in [6.45, 7) is 2.72. The van der Waals surface area contributed by atoms with Gasteiger partial charge in [-0.3, -0.25) is 14.4 Å². The minimum absolute atomic E-state index is 0.0102. The first-order chi connectivity index (χ1) is 14.5. The molecule has 154 valence electrons. The molecule has 1 fully saturated rings. The molecular formula is C23H24N4O3. The molecule has 2 unspecified atom stereocenters. The molecule has 0 aliphatic carbocycles. The summed E-state index contributed by atoms with van der Waals surface area (Å²) in [5.41, 5.74) is 2.52. The molecule has 0 bridgehead atoms. The molecule has 2 N–H and O–H groups in total. The number of rotatable bonds is 7. The normalized spacial score (nSPS) is 16.6. The minimum atomic E-state index is -0.367. The largest absolute Gasteiger partial charge is 0.352 e. The van der Waals surface area contributed by atoms with E-state index in [1.54, 1.807) is 35.2 Å². The molecule has 1 heterocycles. The Labute approximate surface area is 175 Å². The molecule has 1 aliphatic rings. The van der Waals surface area contributed by atoms with Gasteiger partial charge in [0.2, 0.25) is 17.7 Å². The zero-order valence-corrected chi connectivity index (χ0v) is 16.8. The van der Waals surface area contributed by atoms with Crippen LogP contribution in [-0.4, -0.2) is 29.2 Å². The van der Waals surface area contributed by atoms with Gasteiger partial charge in [-0.05, 0) is 30.2 Å². The van der Waals surface area contributed by atoms with Crippen molar-refractivity contribution in [1.29, 1.82) is 5.26 Å². The summed E-state index contributed by atoms with van der Waals surface area (Å²) in [5, 5.41) is 14.0. The van der Waals surface area contributed by atoms with Gasteiger partial charge >= 0.3 is 0 Å². The van der Waals surface area contributed by atoms with E-state index in [0.29, 0.717) is 18.8 Å². The van der Waals surface area contributed by atoms with Crippen LogP contribution in [0.15, 0.2) is 54.6 Å². The second-order valence-electron chi connectivity index (χ2n) is 7.33. The van der Waals surface area contributed by atoms with Gasteiger partial charge in [0.15, 0.2) is 0 Å². The van der Waals surface area contributed by atoms with Gasteiger partial charge in [-0.1, -0.05) is 42.5 Å². The summed E-state index contributed by atoms with van der Waals surface area (Å²) in [6.07, 6.45) is 0.0185. The number of amides is 3. The minimum Gasteiger partial charge on any atom is -0.352 e. The van der Waals surface area contributed by atoms with Gasteiger partial charge < -0.3 is 15.5 Å². The number of nitrogens with zero attached hydrogens (tertiary/aromatic N) is 2. The molecule has 0 saturated carbocycles. The number of anilines is 1. The van der Waals surface area contributed by atoms with E-state index in [0.717, 1.165) is 11.1 Å². The van der Waals surface area contributed by atoms with Gasteiger partial charge in [-0.15, -0.1) is 0 Å². The van der Waals surface area contributed by atoms with Crippen LogP contribution in [0.2, 0.25) is 0 Å². The zero-order valence-electron chi connectivity index (χ0n) is 16.8. The Bertz CT molecular complexity index is 951. The Morgan fingerprint density at radius 1 is 1.17 bits per heavy atom. The highest BCUT2D eigenvalue weighted by Crippen LogP contribution is 2.28. The summed E-state index contributed by atoms with van der Waals surface area (Å²) < 4.78 is 0. The van der Waals surface area contributed by atoms with E-state index in [9.17, 15) is 14.4 Å². The molecule has 2 aromatic rings. The van der Waals surface area contributed by atoms with Crippen LogP contribution in [0.3, 0.4) is 0 Å². The van der Waals surface area contributed by atoms with Crippen molar-refractivity contribution >= 4 is 23.4 Å². The van der Waals surface area contributed by atoms with Gasteiger partial charge in [0, 0.05) is 25.2 Å². The molecule has 2 atom stereocenters. The molecule has 0 spiro atoms. The Morgan fingerprint density at radius 3 is 2.53 bits per heavy atom. The van der Waals surface area contributed by atoms with E-state index in [1.807, 2.05) is 37.3 Å². The average molecular weight is 404 g/mol. The molecule has 1 saturated heterocycles. The summed E-state index contributed by atoms with van der Waals surface area (Å²) in [4.78, 5) is 38.2. The standard InChI is InChI=1S/C23H24N4O3/c1-16(18-5-3-2-4-6-18)27-15-19(13-22(27)29)23(30)25-14-17-7-9-20(10-8-17)26-21(28)11-12-24/h2-10,16,19H,11,13-15H2,1H3,(H,25,30)(H,26,28). The number of nitrogens with one attached hydrogen (secondary N) is 2. The number of benzene rings is 2. The molecule has 3 amide bonds. The first kappa shape index (κ1) is 21.1. The molecule has 1 aliphatic heterocycles. The maximum atomic E-state index is 12.6. The summed E-state index contributed by atoms with van der Waals surface area (Å²) in [7, 11) is 0. The highest BCUT2D eigenvalue weighted by molar-refractivity contribution is 5.92. The lowest BCUT2D eigenvalue weighted by Crippen LogP contribution is -2.33. The second kappa shape index (κ2) is 9.70. The van der Waals surface area contributed by atoms with Crippen LogP contribution in [0.25, 0.3) is 0 Å². The van der Waals surface area contributed by atoms with E-state index < -0.39 is 0 Å². The molecule has 7 nitrogen and oxygen atoms in total. The molecular weight excluding hydrogens is 380 g/mol. The predicted molar refractivity (Wildman–Crippen MR) is 112 cm³/mol. The van der Waals surface area contributed by atoms with Crippen LogP contribution >= 0.6 is 0 Å². The fourth-order valence-corrected chi connectivity index (χ4v) is 3.51. The number of hydrogen-bond acceptors (Lipinski definition) is 4. The zero-order chi connectivity index (χ0) is 21.5. The number of hydrogen-bond donors (Lipinski definition) is 2. The maximum Gasteiger partial charge on any atom is 0.238 e. The Kier molecular flexibility index (Phi) is 6.81. The van der Waals surface area contributed by atoms with Crippen molar-refractivity contribution in [2.24, 2.45) is 5.92 Å². The predicted octanol–water partition coefficient (Wildman–Crippen LogP) is 2.76. The Morgan fingerprint density at radius 2 is 1.87 bits per heavy atom. The third-order valence-electron chi connectivity index (χ3n) is 5.22. The molecule has 3 rings (SSSR count). The van der Waals surface area contributed by atoms with Crippen molar-refractivity contribution in [2.75, 3.05) is 11.9 Å². The van der Waals surface area contributed by atoms with Gasteiger partial charge in [0.25, 0.3) is 0 Å². The first-order valence-corrected chi connectivity index (χ1v) is 9.86. The lowest BCUT2D eigenvalue weighted by Gasteiger charge is -2.25. The Hall–Kier alpha value is -3.66. The highest BCUT2D eigenvalue weighted by atomic mass is 16.2. The molecule has 7 heteroatoms. The number of carbonyl (C=O) groups excluding carboxylic acids is 3. The lowest BCUT2D eigenvalue weighted by molar-refractivity contribution is -0.130. The van der Waals surface area contributed by atoms with E-state index in [1.165, 1.54) is 0 Å². The maximum absolute atomic E-state index is 12.6. The average Bonchev–Trinajstić information content (AvgIpc) is 3.15. The summed E-state index contributed by atoms with van der Waals surface area (Å²) in [6, 6.07) is 18.5. The van der Waals surface area contributed by atoms with Crippen molar-refractivity contribution in [3.8, 4) is 6.07 Å². The molecule has 30 heavy (non-hydrogen) atoms. The topological polar surface area (TPSA) is 102 Å². The quantitative estimate of drug-likeness (QED) is 0.741. The second-order valence-corrected chi connectivity index (χ2v) is 7.33. The SMILES string of the molecule is CC(c1ccccc1)N1CC(C(=O)NCc2ccc(NC(=O)CC#N)cc2)CC1=O. The van der Waals surface area contributed by atoms with Crippen LogP contribution in [0, 0.1) is 17.2 Å². The van der Waals surface area contributed by atoms with Crippen molar-refractivity contribution in [1.82, 2.24) is 10.2 Å². The van der Waals surface area contributed by atoms with Gasteiger partial charge in [0.1, 0.15) is 6.42 Å². The van der Waals surface area contributed by atoms with E-state index >= 15 is 0 Å². The van der Waals surface area contributed by atoms with Crippen molar-refractivity contribution < 1.29 is 14.4 Å². The fraction of sp³-hybridized carbons (Fsp3) is 0.304. The third-order valence-corrected chi connectivity index (χ3v) is 5.22. The van der Waals surface area contributed by atoms with Crippen LogP contribution < -0.4 is 10.6 Å². The van der Waals surface area contributed by atoms with E-state index in [4.69, 9.17) is 5.26 Å². The Balaban J connectivity index is 1.51. The molecule has 0 aromatic heterocycles. The monoisotopic (exact) mass is 404 g/mol. The summed E-state index contributed by atoms with van der Waals surface area (Å²) >= 11 is 0. The van der Waals surface area contributed by atoms with Crippen LogP contribution in [0.1, 0.15) is 36.9 Å².